The van der Waals surface area contributed by atoms with Gasteiger partial charge >= 0.3 is 0 Å². The molecule has 4 heteroatoms. The van der Waals surface area contributed by atoms with E-state index in [1.54, 1.807) is 0 Å². The van der Waals surface area contributed by atoms with Gasteiger partial charge in [-0.3, -0.25) is 0 Å². The summed E-state index contributed by atoms with van der Waals surface area (Å²) in [6.45, 7) is 9.60. The minimum atomic E-state index is 0.329. The molecule has 0 fully saturated rings. The topological polar surface area (TPSA) is 35.4 Å². The highest BCUT2D eigenvalue weighted by Gasteiger charge is 2.13. The molecule has 3 rings (SSSR count). The Hall–Kier alpha value is -1.94. The summed E-state index contributed by atoms with van der Waals surface area (Å²) >= 11 is 0. The lowest BCUT2D eigenvalue weighted by molar-refractivity contribution is 0.174. The summed E-state index contributed by atoms with van der Waals surface area (Å²) in [6.07, 6.45) is 0. The molecule has 0 atom stereocenters. The lowest BCUT2D eigenvalue weighted by atomic mass is 10.2. The predicted molar refractivity (Wildman–Crippen MR) is 82.7 cm³/mol. The highest BCUT2D eigenvalue weighted by atomic mass is 16.7. The van der Waals surface area contributed by atoms with Gasteiger partial charge in [-0.2, -0.15) is 0 Å². The van der Waals surface area contributed by atoms with E-state index in [-0.39, 0.29) is 0 Å². The summed E-state index contributed by atoms with van der Waals surface area (Å²) in [5.41, 5.74) is 5.27. The summed E-state index contributed by atoms with van der Waals surface area (Å²) in [4.78, 5) is 0. The van der Waals surface area contributed by atoms with E-state index in [0.29, 0.717) is 6.79 Å². The maximum absolute atomic E-state index is 5.40. The molecule has 4 nitrogen and oxygen atoms in total. The third-order valence-electron chi connectivity index (χ3n) is 4.08. The van der Waals surface area contributed by atoms with E-state index in [0.717, 1.165) is 31.1 Å². The molecule has 0 unspecified atom stereocenters. The van der Waals surface area contributed by atoms with Crippen LogP contribution in [0.15, 0.2) is 24.3 Å². The molecule has 1 aromatic heterocycles. The van der Waals surface area contributed by atoms with Crippen LogP contribution in [0.4, 0.5) is 0 Å². The van der Waals surface area contributed by atoms with E-state index < -0.39 is 0 Å². The van der Waals surface area contributed by atoms with Gasteiger partial charge in [0, 0.05) is 31.0 Å². The average Bonchev–Trinajstić information content (AvgIpc) is 3.03. The molecule has 0 amide bonds. The normalized spacial score (nSPS) is 12.9. The standard InChI is InChI=1S/C17H22N2O2/c1-4-19-12(2)7-15(13(19)3)10-18-9-14-5-6-16-17(8-14)21-11-20-16/h5-8,18H,4,9-11H2,1-3H3. The fraction of sp³-hybridized carbons (Fsp3) is 0.412. The largest absolute Gasteiger partial charge is 0.454 e. The predicted octanol–water partition coefficient (Wildman–Crippen LogP) is 3.14. The number of ether oxygens (including phenoxy) is 2. The zero-order valence-corrected chi connectivity index (χ0v) is 12.9. The van der Waals surface area contributed by atoms with Crippen LogP contribution in [0.25, 0.3) is 0 Å². The van der Waals surface area contributed by atoms with Gasteiger partial charge in [-0.1, -0.05) is 6.07 Å². The first kappa shape index (κ1) is 14.0. The van der Waals surface area contributed by atoms with Crippen molar-refractivity contribution in [3.05, 3.63) is 46.8 Å². The second-order valence-corrected chi connectivity index (χ2v) is 5.43. The number of aromatic nitrogens is 1. The van der Waals surface area contributed by atoms with Crippen LogP contribution in [-0.2, 0) is 19.6 Å². The summed E-state index contributed by atoms with van der Waals surface area (Å²) in [6, 6.07) is 8.37. The van der Waals surface area contributed by atoms with E-state index in [1.165, 1.54) is 22.5 Å². The monoisotopic (exact) mass is 286 g/mol. The van der Waals surface area contributed by atoms with Crippen molar-refractivity contribution in [2.45, 2.75) is 40.4 Å². The minimum Gasteiger partial charge on any atom is -0.454 e. The van der Waals surface area contributed by atoms with Gasteiger partial charge in [0.15, 0.2) is 11.5 Å². The van der Waals surface area contributed by atoms with Crippen molar-refractivity contribution in [1.82, 2.24) is 9.88 Å². The lowest BCUT2D eigenvalue weighted by Gasteiger charge is -2.08. The van der Waals surface area contributed by atoms with E-state index >= 15 is 0 Å². The first-order valence-electron chi connectivity index (χ1n) is 7.44. The van der Waals surface area contributed by atoms with Gasteiger partial charge in [0.2, 0.25) is 6.79 Å². The van der Waals surface area contributed by atoms with E-state index in [2.05, 4.69) is 42.8 Å². The molecule has 0 bridgehead atoms. The molecule has 1 aliphatic heterocycles. The van der Waals surface area contributed by atoms with Crippen LogP contribution in [0.1, 0.15) is 29.4 Å². The number of hydrogen-bond acceptors (Lipinski definition) is 3. The highest BCUT2D eigenvalue weighted by Crippen LogP contribution is 2.32. The SMILES string of the molecule is CCn1c(C)cc(CNCc2ccc3c(c2)OCO3)c1C. The first-order chi connectivity index (χ1) is 10.2. The third kappa shape index (κ3) is 2.76. The van der Waals surface area contributed by atoms with E-state index in [4.69, 9.17) is 9.47 Å². The number of fused-ring (bicyclic) bond motifs is 1. The van der Waals surface area contributed by atoms with Crippen LogP contribution >= 0.6 is 0 Å². The van der Waals surface area contributed by atoms with Gasteiger partial charge in [0.1, 0.15) is 0 Å². The van der Waals surface area contributed by atoms with Crippen molar-refractivity contribution in [1.29, 1.82) is 0 Å². The Kier molecular flexibility index (Phi) is 3.88. The van der Waals surface area contributed by atoms with Crippen molar-refractivity contribution in [2.75, 3.05) is 6.79 Å². The highest BCUT2D eigenvalue weighted by molar-refractivity contribution is 5.44. The Labute approximate surface area is 125 Å². The molecule has 1 aromatic carbocycles. The molecule has 0 saturated carbocycles. The Bertz CT molecular complexity index is 646. The van der Waals surface area contributed by atoms with Gasteiger partial charge in [0.25, 0.3) is 0 Å². The molecule has 0 spiro atoms. The quantitative estimate of drug-likeness (QED) is 0.917. The number of rotatable bonds is 5. The molecular formula is C17H22N2O2. The maximum Gasteiger partial charge on any atom is 0.231 e. The molecule has 0 aliphatic carbocycles. The molecule has 112 valence electrons. The smallest absolute Gasteiger partial charge is 0.231 e. The number of nitrogens with one attached hydrogen (secondary N) is 1. The Morgan fingerprint density at radius 2 is 1.90 bits per heavy atom. The van der Waals surface area contributed by atoms with Crippen molar-refractivity contribution in [3.63, 3.8) is 0 Å². The van der Waals surface area contributed by atoms with Gasteiger partial charge in [-0.15, -0.1) is 0 Å². The van der Waals surface area contributed by atoms with E-state index in [9.17, 15) is 0 Å². The Morgan fingerprint density at radius 3 is 2.67 bits per heavy atom. The second kappa shape index (κ2) is 5.82. The fourth-order valence-electron chi connectivity index (χ4n) is 2.93. The molecule has 1 aliphatic rings. The van der Waals surface area contributed by atoms with Crippen LogP contribution in [0, 0.1) is 13.8 Å². The number of hydrogen-bond donors (Lipinski definition) is 1. The molecule has 0 radical (unpaired) electrons. The summed E-state index contributed by atoms with van der Waals surface area (Å²) in [7, 11) is 0. The van der Waals surface area contributed by atoms with Crippen molar-refractivity contribution in [2.24, 2.45) is 0 Å². The fourth-order valence-corrected chi connectivity index (χ4v) is 2.93. The van der Waals surface area contributed by atoms with Crippen LogP contribution < -0.4 is 14.8 Å². The zero-order chi connectivity index (χ0) is 14.8. The summed E-state index contributed by atoms with van der Waals surface area (Å²) in [5.74, 6) is 1.68. The number of aryl methyl sites for hydroxylation is 1. The molecule has 2 aromatic rings. The average molecular weight is 286 g/mol. The van der Waals surface area contributed by atoms with Crippen molar-refractivity contribution >= 4 is 0 Å². The lowest BCUT2D eigenvalue weighted by Crippen LogP contribution is -2.13. The number of benzene rings is 1. The van der Waals surface area contributed by atoms with Gasteiger partial charge in [-0.05, 0) is 50.1 Å². The number of nitrogens with zero attached hydrogens (tertiary/aromatic N) is 1. The summed E-state index contributed by atoms with van der Waals surface area (Å²) < 4.78 is 13.1. The third-order valence-corrected chi connectivity index (χ3v) is 4.08. The molecular weight excluding hydrogens is 264 g/mol. The van der Waals surface area contributed by atoms with E-state index in [1.807, 2.05) is 12.1 Å². The van der Waals surface area contributed by atoms with Gasteiger partial charge < -0.3 is 19.4 Å². The molecule has 1 N–H and O–H groups in total. The van der Waals surface area contributed by atoms with Gasteiger partial charge in [-0.25, -0.2) is 0 Å². The molecule has 0 saturated heterocycles. The van der Waals surface area contributed by atoms with Crippen molar-refractivity contribution < 1.29 is 9.47 Å². The van der Waals surface area contributed by atoms with Crippen LogP contribution in [-0.4, -0.2) is 11.4 Å². The summed E-state index contributed by atoms with van der Waals surface area (Å²) in [5, 5.41) is 3.50. The molecule has 21 heavy (non-hydrogen) atoms. The van der Waals surface area contributed by atoms with Crippen LogP contribution in [0.3, 0.4) is 0 Å². The zero-order valence-electron chi connectivity index (χ0n) is 12.9. The van der Waals surface area contributed by atoms with Crippen LogP contribution in [0.5, 0.6) is 11.5 Å². The van der Waals surface area contributed by atoms with Gasteiger partial charge in [0.05, 0.1) is 0 Å². The minimum absolute atomic E-state index is 0.329. The Balaban J connectivity index is 1.61. The second-order valence-electron chi connectivity index (χ2n) is 5.43. The Morgan fingerprint density at radius 1 is 1.10 bits per heavy atom. The maximum atomic E-state index is 5.40. The van der Waals surface area contributed by atoms with Crippen molar-refractivity contribution in [3.8, 4) is 11.5 Å². The van der Waals surface area contributed by atoms with Crippen LogP contribution in [0.2, 0.25) is 0 Å². The first-order valence-corrected chi connectivity index (χ1v) is 7.44. The molecule has 2 heterocycles.